The summed E-state index contributed by atoms with van der Waals surface area (Å²) in [5.41, 5.74) is 5.00. The number of aliphatic imine (C=N–C) groups is 1. The zero-order valence-electron chi connectivity index (χ0n) is 16.0. The molecule has 2 aromatic heterocycles. The molecular weight excluding hydrogens is 405 g/mol. The number of hydrogen-bond donors (Lipinski definition) is 2. The van der Waals surface area contributed by atoms with Gasteiger partial charge in [-0.1, -0.05) is 22.8 Å². The first-order valence-electron chi connectivity index (χ1n) is 9.43. The number of halogens is 2. The van der Waals surface area contributed by atoms with Crippen molar-refractivity contribution in [2.45, 2.75) is 19.4 Å². The lowest BCUT2D eigenvalue weighted by Crippen LogP contribution is -2.23. The number of rotatable bonds is 7. The molecule has 6 nitrogen and oxygen atoms in total. The van der Waals surface area contributed by atoms with E-state index in [2.05, 4.69) is 25.4 Å². The third-order valence-corrected chi connectivity index (χ3v) is 5.16. The highest BCUT2D eigenvalue weighted by Crippen LogP contribution is 2.28. The van der Waals surface area contributed by atoms with Gasteiger partial charge in [0, 0.05) is 61.4 Å². The summed E-state index contributed by atoms with van der Waals surface area (Å²) in [5.74, 6) is 0.150. The maximum Gasteiger partial charge on any atom is 0.156 e. The average Bonchev–Trinajstić information content (AvgIpc) is 3.18. The summed E-state index contributed by atoms with van der Waals surface area (Å²) in [6.07, 6.45) is 6.10. The molecule has 0 unspecified atom stereocenters. The Morgan fingerprint density at radius 2 is 1.93 bits per heavy atom. The van der Waals surface area contributed by atoms with Crippen molar-refractivity contribution in [1.82, 2.24) is 15.3 Å². The van der Waals surface area contributed by atoms with Crippen LogP contribution in [0.2, 0.25) is 5.02 Å². The van der Waals surface area contributed by atoms with Crippen LogP contribution in [0.4, 0.5) is 10.2 Å². The molecule has 0 amide bonds. The van der Waals surface area contributed by atoms with E-state index in [1.807, 2.05) is 18.2 Å². The average molecular weight is 424 g/mol. The zero-order valence-corrected chi connectivity index (χ0v) is 16.8. The van der Waals surface area contributed by atoms with Crippen LogP contribution in [0.1, 0.15) is 22.3 Å². The number of benzene rings is 1. The van der Waals surface area contributed by atoms with Crippen molar-refractivity contribution >= 4 is 28.8 Å². The molecule has 0 spiro atoms. The summed E-state index contributed by atoms with van der Waals surface area (Å²) < 4.78 is 13.4. The highest BCUT2D eigenvalue weighted by molar-refractivity contribution is 6.30. The number of pyridine rings is 2. The summed E-state index contributed by atoms with van der Waals surface area (Å²) in [7, 11) is 0. The SMILES string of the molecule is O/N=C(\Cc1ccc(F)c(Cl)c1)c1ccnc2c1CC(CNCc1ccncc1)=N2. The summed E-state index contributed by atoms with van der Waals surface area (Å²) in [6, 6.07) is 10.2. The van der Waals surface area contributed by atoms with Crippen molar-refractivity contribution in [2.24, 2.45) is 10.1 Å². The summed E-state index contributed by atoms with van der Waals surface area (Å²) >= 11 is 5.88. The van der Waals surface area contributed by atoms with Crippen molar-refractivity contribution in [3.63, 3.8) is 0 Å². The van der Waals surface area contributed by atoms with Crippen molar-refractivity contribution < 1.29 is 9.60 Å². The van der Waals surface area contributed by atoms with Crippen LogP contribution in [-0.2, 0) is 19.4 Å². The van der Waals surface area contributed by atoms with E-state index in [-0.39, 0.29) is 5.02 Å². The van der Waals surface area contributed by atoms with Crippen LogP contribution in [0.3, 0.4) is 0 Å². The maximum atomic E-state index is 13.4. The molecule has 4 rings (SSSR count). The van der Waals surface area contributed by atoms with Crippen LogP contribution in [0.15, 0.2) is 65.1 Å². The molecule has 1 aliphatic rings. The van der Waals surface area contributed by atoms with Crippen LogP contribution in [0, 0.1) is 5.82 Å². The highest BCUT2D eigenvalue weighted by Gasteiger charge is 2.22. The minimum atomic E-state index is -0.481. The smallest absolute Gasteiger partial charge is 0.156 e. The molecule has 0 saturated heterocycles. The lowest BCUT2D eigenvalue weighted by molar-refractivity contribution is 0.318. The number of nitrogens with one attached hydrogen (secondary N) is 1. The lowest BCUT2D eigenvalue weighted by Gasteiger charge is -2.10. The standard InChI is InChI=1S/C22H19ClFN5O/c23-19-9-15(1-2-20(19)24)10-21(29-30)17-5-8-27-22-18(17)11-16(28-22)13-26-12-14-3-6-25-7-4-14/h1-9,26,30H,10-13H2/b29-21+. The predicted molar refractivity (Wildman–Crippen MR) is 114 cm³/mol. The Morgan fingerprint density at radius 1 is 1.10 bits per heavy atom. The van der Waals surface area contributed by atoms with Gasteiger partial charge in [0.1, 0.15) is 5.82 Å². The third-order valence-electron chi connectivity index (χ3n) is 4.87. The van der Waals surface area contributed by atoms with Crippen molar-refractivity contribution in [3.8, 4) is 0 Å². The Labute approximate surface area is 178 Å². The van der Waals surface area contributed by atoms with E-state index in [1.54, 1.807) is 24.7 Å². The molecule has 3 heterocycles. The molecule has 0 bridgehead atoms. The van der Waals surface area contributed by atoms with Gasteiger partial charge in [0.2, 0.25) is 0 Å². The van der Waals surface area contributed by atoms with Gasteiger partial charge >= 0.3 is 0 Å². The Hall–Kier alpha value is -3.16. The fraction of sp³-hybridized carbons (Fsp3) is 0.182. The monoisotopic (exact) mass is 423 g/mol. The van der Waals surface area contributed by atoms with E-state index >= 15 is 0 Å². The van der Waals surface area contributed by atoms with Gasteiger partial charge in [0.05, 0.1) is 10.7 Å². The summed E-state index contributed by atoms with van der Waals surface area (Å²) in [6.45, 7) is 1.34. The Morgan fingerprint density at radius 3 is 2.70 bits per heavy atom. The molecule has 0 atom stereocenters. The van der Waals surface area contributed by atoms with Gasteiger partial charge in [0.15, 0.2) is 5.82 Å². The zero-order chi connectivity index (χ0) is 20.9. The number of oxime groups is 1. The molecule has 8 heteroatoms. The normalized spacial score (nSPS) is 13.3. The molecule has 30 heavy (non-hydrogen) atoms. The second kappa shape index (κ2) is 9.11. The van der Waals surface area contributed by atoms with Gasteiger partial charge in [-0.2, -0.15) is 0 Å². The Balaban J connectivity index is 1.46. The Bertz CT molecular complexity index is 1120. The lowest BCUT2D eigenvalue weighted by atomic mass is 9.97. The largest absolute Gasteiger partial charge is 0.411 e. The molecule has 0 saturated carbocycles. The van der Waals surface area contributed by atoms with Crippen molar-refractivity contribution in [2.75, 3.05) is 6.54 Å². The number of hydrogen-bond acceptors (Lipinski definition) is 6. The van der Waals surface area contributed by atoms with Crippen LogP contribution in [0.5, 0.6) is 0 Å². The van der Waals surface area contributed by atoms with Crippen LogP contribution in [0.25, 0.3) is 0 Å². The summed E-state index contributed by atoms with van der Waals surface area (Å²) in [4.78, 5) is 13.0. The second-order valence-corrected chi connectivity index (χ2v) is 7.35. The van der Waals surface area contributed by atoms with E-state index in [0.717, 1.165) is 28.0 Å². The predicted octanol–water partition coefficient (Wildman–Crippen LogP) is 4.11. The van der Waals surface area contributed by atoms with Gasteiger partial charge in [-0.3, -0.25) is 4.98 Å². The van der Waals surface area contributed by atoms with Crippen molar-refractivity contribution in [3.05, 3.63) is 88.1 Å². The van der Waals surface area contributed by atoms with E-state index in [9.17, 15) is 9.60 Å². The van der Waals surface area contributed by atoms with Gasteiger partial charge in [-0.25, -0.2) is 14.4 Å². The minimum absolute atomic E-state index is 0.0376. The molecule has 0 fully saturated rings. The van der Waals surface area contributed by atoms with Crippen molar-refractivity contribution in [1.29, 1.82) is 0 Å². The van der Waals surface area contributed by atoms with Gasteiger partial charge < -0.3 is 10.5 Å². The maximum absolute atomic E-state index is 13.4. The second-order valence-electron chi connectivity index (χ2n) is 6.95. The first-order chi connectivity index (χ1) is 14.6. The fourth-order valence-electron chi connectivity index (χ4n) is 3.40. The van der Waals surface area contributed by atoms with Gasteiger partial charge in [0.25, 0.3) is 0 Å². The molecule has 152 valence electrons. The molecular formula is C22H19ClFN5O. The van der Waals surface area contributed by atoms with Gasteiger partial charge in [-0.15, -0.1) is 0 Å². The van der Waals surface area contributed by atoms with Crippen LogP contribution < -0.4 is 5.32 Å². The van der Waals surface area contributed by atoms with E-state index in [0.29, 0.717) is 37.5 Å². The van der Waals surface area contributed by atoms with E-state index in [4.69, 9.17) is 11.6 Å². The molecule has 3 aromatic rings. The molecule has 1 aromatic carbocycles. The fourth-order valence-corrected chi connectivity index (χ4v) is 3.60. The van der Waals surface area contributed by atoms with Crippen LogP contribution in [-0.4, -0.2) is 33.1 Å². The van der Waals surface area contributed by atoms with E-state index in [1.165, 1.54) is 12.1 Å². The number of fused-ring (bicyclic) bond motifs is 1. The summed E-state index contributed by atoms with van der Waals surface area (Å²) in [5, 5.41) is 16.5. The molecule has 1 aliphatic heterocycles. The van der Waals surface area contributed by atoms with Gasteiger partial charge in [-0.05, 0) is 41.5 Å². The van der Waals surface area contributed by atoms with E-state index < -0.39 is 5.82 Å². The molecule has 2 N–H and O–H groups in total. The highest BCUT2D eigenvalue weighted by atomic mass is 35.5. The molecule has 0 radical (unpaired) electrons. The first-order valence-corrected chi connectivity index (χ1v) is 9.81. The van der Waals surface area contributed by atoms with Crippen LogP contribution >= 0.6 is 11.6 Å². The number of nitrogens with zero attached hydrogens (tertiary/aromatic N) is 4. The minimum Gasteiger partial charge on any atom is -0.411 e. The molecule has 0 aliphatic carbocycles. The Kier molecular flexibility index (Phi) is 6.11. The quantitative estimate of drug-likeness (QED) is 0.340. The first kappa shape index (κ1) is 20.1. The number of aromatic nitrogens is 2. The topological polar surface area (TPSA) is 82.8 Å². The third kappa shape index (κ3) is 4.53.